The molecule has 0 fully saturated rings. The standard InChI is InChI=1S/C17H17N3O/c1-12-5-10-16(13(2)19-12)20-17(21)15-8-6-14(7-9-15)4-3-11-18/h5-10H,11,18H2,1-2H3,(H,20,21). The molecule has 21 heavy (non-hydrogen) atoms. The molecule has 3 N–H and O–H groups in total. The molecule has 0 radical (unpaired) electrons. The number of hydrogen-bond donors (Lipinski definition) is 2. The molecule has 2 aromatic rings. The fraction of sp³-hybridized carbons (Fsp3) is 0.176. The summed E-state index contributed by atoms with van der Waals surface area (Å²) in [5.41, 5.74) is 9.18. The van der Waals surface area contributed by atoms with Gasteiger partial charge < -0.3 is 11.1 Å². The first kappa shape index (κ1) is 14.8. The number of aromatic nitrogens is 1. The summed E-state index contributed by atoms with van der Waals surface area (Å²) < 4.78 is 0. The molecule has 0 aliphatic carbocycles. The van der Waals surface area contributed by atoms with Crippen LogP contribution in [-0.2, 0) is 0 Å². The van der Waals surface area contributed by atoms with Crippen LogP contribution in [0.5, 0.6) is 0 Å². The zero-order valence-corrected chi connectivity index (χ0v) is 12.1. The highest BCUT2D eigenvalue weighted by Gasteiger charge is 2.08. The van der Waals surface area contributed by atoms with Crippen LogP contribution in [0, 0.1) is 25.7 Å². The van der Waals surface area contributed by atoms with Crippen LogP contribution in [0.1, 0.15) is 27.3 Å². The van der Waals surface area contributed by atoms with Crippen molar-refractivity contribution >= 4 is 11.6 Å². The van der Waals surface area contributed by atoms with E-state index in [1.54, 1.807) is 24.3 Å². The van der Waals surface area contributed by atoms with Gasteiger partial charge in [0.05, 0.1) is 17.9 Å². The van der Waals surface area contributed by atoms with Crippen molar-refractivity contribution in [2.24, 2.45) is 5.73 Å². The summed E-state index contributed by atoms with van der Waals surface area (Å²) in [6, 6.07) is 10.8. The SMILES string of the molecule is Cc1ccc(NC(=O)c2ccc(C#CCN)cc2)c(C)n1. The fourth-order valence-corrected chi connectivity index (χ4v) is 1.87. The van der Waals surface area contributed by atoms with E-state index in [0.717, 1.165) is 22.6 Å². The van der Waals surface area contributed by atoms with Crippen LogP contribution in [0.3, 0.4) is 0 Å². The molecule has 106 valence electrons. The van der Waals surface area contributed by atoms with Crippen molar-refractivity contribution in [2.45, 2.75) is 13.8 Å². The Bertz CT molecular complexity index is 709. The summed E-state index contributed by atoms with van der Waals surface area (Å²) in [4.78, 5) is 16.5. The molecule has 1 amide bonds. The van der Waals surface area contributed by atoms with Crippen molar-refractivity contribution in [3.05, 3.63) is 58.9 Å². The summed E-state index contributed by atoms with van der Waals surface area (Å²) in [7, 11) is 0. The normalized spacial score (nSPS) is 9.67. The molecule has 0 spiro atoms. The molecule has 1 aromatic carbocycles. The lowest BCUT2D eigenvalue weighted by atomic mass is 10.1. The van der Waals surface area contributed by atoms with Gasteiger partial charge in [-0.15, -0.1) is 0 Å². The maximum atomic E-state index is 12.2. The zero-order valence-electron chi connectivity index (χ0n) is 12.1. The first-order valence-corrected chi connectivity index (χ1v) is 6.65. The number of pyridine rings is 1. The van der Waals surface area contributed by atoms with Gasteiger partial charge >= 0.3 is 0 Å². The number of carbonyl (C=O) groups is 1. The number of nitrogens with two attached hydrogens (primary N) is 1. The van der Waals surface area contributed by atoms with E-state index >= 15 is 0 Å². The zero-order chi connectivity index (χ0) is 15.2. The Hall–Kier alpha value is -2.64. The Morgan fingerprint density at radius 1 is 1.19 bits per heavy atom. The number of benzene rings is 1. The van der Waals surface area contributed by atoms with Gasteiger partial charge in [0, 0.05) is 16.8 Å². The molecule has 0 aliphatic rings. The molecule has 0 atom stereocenters. The minimum atomic E-state index is -0.165. The molecule has 0 unspecified atom stereocenters. The van der Waals surface area contributed by atoms with Crippen molar-refractivity contribution < 1.29 is 4.79 Å². The second kappa shape index (κ2) is 6.69. The van der Waals surface area contributed by atoms with Crippen LogP contribution in [0.25, 0.3) is 0 Å². The molecule has 1 aromatic heterocycles. The van der Waals surface area contributed by atoms with Crippen molar-refractivity contribution in [2.75, 3.05) is 11.9 Å². The molecular formula is C17H17N3O. The number of carbonyl (C=O) groups excluding carboxylic acids is 1. The Kier molecular flexibility index (Phi) is 4.70. The molecule has 4 heteroatoms. The third-order valence-corrected chi connectivity index (χ3v) is 2.96. The quantitative estimate of drug-likeness (QED) is 0.829. The summed E-state index contributed by atoms with van der Waals surface area (Å²) in [6.07, 6.45) is 0. The third kappa shape index (κ3) is 3.91. The van der Waals surface area contributed by atoms with Crippen molar-refractivity contribution in [1.29, 1.82) is 0 Å². The van der Waals surface area contributed by atoms with E-state index in [1.807, 2.05) is 26.0 Å². The van der Waals surface area contributed by atoms with Gasteiger partial charge in [-0.05, 0) is 50.2 Å². The van der Waals surface area contributed by atoms with Crippen LogP contribution in [0.2, 0.25) is 0 Å². The lowest BCUT2D eigenvalue weighted by Crippen LogP contribution is -2.13. The Balaban J connectivity index is 2.13. The van der Waals surface area contributed by atoms with Gasteiger partial charge in [0.25, 0.3) is 5.91 Å². The van der Waals surface area contributed by atoms with Gasteiger partial charge in [-0.2, -0.15) is 0 Å². The number of anilines is 1. The van der Waals surface area contributed by atoms with E-state index in [1.165, 1.54) is 0 Å². The molecule has 0 bridgehead atoms. The fourth-order valence-electron chi connectivity index (χ4n) is 1.87. The van der Waals surface area contributed by atoms with Gasteiger partial charge in [0.2, 0.25) is 0 Å². The largest absolute Gasteiger partial charge is 0.320 e. The van der Waals surface area contributed by atoms with Gasteiger partial charge in [-0.1, -0.05) is 11.8 Å². The Labute approximate surface area is 124 Å². The Morgan fingerprint density at radius 3 is 2.52 bits per heavy atom. The molecule has 0 saturated heterocycles. The predicted molar refractivity (Wildman–Crippen MR) is 84.0 cm³/mol. The van der Waals surface area contributed by atoms with E-state index in [2.05, 4.69) is 22.1 Å². The number of nitrogens with one attached hydrogen (secondary N) is 1. The lowest BCUT2D eigenvalue weighted by Gasteiger charge is -2.08. The molecular weight excluding hydrogens is 262 g/mol. The van der Waals surface area contributed by atoms with E-state index in [9.17, 15) is 4.79 Å². The van der Waals surface area contributed by atoms with Gasteiger partial charge in [0.15, 0.2) is 0 Å². The molecule has 4 nitrogen and oxygen atoms in total. The van der Waals surface area contributed by atoms with Crippen molar-refractivity contribution in [1.82, 2.24) is 4.98 Å². The summed E-state index contributed by atoms with van der Waals surface area (Å²) in [6.45, 7) is 4.11. The van der Waals surface area contributed by atoms with Crippen LogP contribution in [-0.4, -0.2) is 17.4 Å². The highest BCUT2D eigenvalue weighted by Crippen LogP contribution is 2.14. The third-order valence-electron chi connectivity index (χ3n) is 2.96. The molecule has 2 rings (SSSR count). The smallest absolute Gasteiger partial charge is 0.255 e. The van der Waals surface area contributed by atoms with E-state index < -0.39 is 0 Å². The van der Waals surface area contributed by atoms with E-state index in [4.69, 9.17) is 5.73 Å². The first-order valence-electron chi connectivity index (χ1n) is 6.65. The van der Waals surface area contributed by atoms with Gasteiger partial charge in [-0.25, -0.2) is 0 Å². The number of nitrogens with zero attached hydrogens (tertiary/aromatic N) is 1. The number of aryl methyl sites for hydroxylation is 2. The molecule has 1 heterocycles. The van der Waals surface area contributed by atoms with Crippen LogP contribution >= 0.6 is 0 Å². The molecule has 0 saturated carbocycles. The number of rotatable bonds is 2. The number of amides is 1. The van der Waals surface area contributed by atoms with Crippen LogP contribution in [0.4, 0.5) is 5.69 Å². The highest BCUT2D eigenvalue weighted by atomic mass is 16.1. The average molecular weight is 279 g/mol. The lowest BCUT2D eigenvalue weighted by molar-refractivity contribution is 0.102. The number of hydrogen-bond acceptors (Lipinski definition) is 3. The van der Waals surface area contributed by atoms with Gasteiger partial charge in [0.1, 0.15) is 0 Å². The maximum absolute atomic E-state index is 12.2. The summed E-state index contributed by atoms with van der Waals surface area (Å²) in [5.74, 6) is 5.53. The second-order valence-electron chi connectivity index (χ2n) is 4.62. The summed E-state index contributed by atoms with van der Waals surface area (Å²) >= 11 is 0. The monoisotopic (exact) mass is 279 g/mol. The van der Waals surface area contributed by atoms with Crippen molar-refractivity contribution in [3.8, 4) is 11.8 Å². The highest BCUT2D eigenvalue weighted by molar-refractivity contribution is 6.04. The second-order valence-corrected chi connectivity index (χ2v) is 4.62. The molecule has 0 aliphatic heterocycles. The predicted octanol–water partition coefficient (Wildman–Crippen LogP) is 2.26. The maximum Gasteiger partial charge on any atom is 0.255 e. The average Bonchev–Trinajstić information content (AvgIpc) is 2.48. The summed E-state index contributed by atoms with van der Waals surface area (Å²) in [5, 5.41) is 2.86. The first-order chi connectivity index (χ1) is 10.1. The van der Waals surface area contributed by atoms with Crippen LogP contribution < -0.4 is 11.1 Å². The van der Waals surface area contributed by atoms with Gasteiger partial charge in [-0.3, -0.25) is 9.78 Å². The van der Waals surface area contributed by atoms with E-state index in [0.29, 0.717) is 12.1 Å². The minimum Gasteiger partial charge on any atom is -0.320 e. The Morgan fingerprint density at radius 2 is 1.90 bits per heavy atom. The van der Waals surface area contributed by atoms with Crippen molar-refractivity contribution in [3.63, 3.8) is 0 Å². The minimum absolute atomic E-state index is 0.165. The topological polar surface area (TPSA) is 68.0 Å². The van der Waals surface area contributed by atoms with E-state index in [-0.39, 0.29) is 5.91 Å². The van der Waals surface area contributed by atoms with Crippen LogP contribution in [0.15, 0.2) is 36.4 Å².